The number of carbonyl (C=O) groups is 4. The topological polar surface area (TPSA) is 94.5 Å². The lowest BCUT2D eigenvalue weighted by Gasteiger charge is -2.20. The van der Waals surface area contributed by atoms with Crippen molar-refractivity contribution in [1.82, 2.24) is 4.57 Å². The molecule has 178 valence electrons. The second kappa shape index (κ2) is 9.11. The lowest BCUT2D eigenvalue weighted by Crippen LogP contribution is -2.26. The summed E-state index contributed by atoms with van der Waals surface area (Å²) in [4.78, 5) is 51.0. The van der Waals surface area contributed by atoms with Crippen LogP contribution < -0.4 is 5.32 Å². The van der Waals surface area contributed by atoms with Crippen molar-refractivity contribution in [2.75, 3.05) is 11.9 Å². The quantitative estimate of drug-likeness (QED) is 0.371. The number of hydrogen-bond acceptors (Lipinski definition) is 5. The molecule has 1 heterocycles. The van der Waals surface area contributed by atoms with Crippen LogP contribution >= 0.6 is 0 Å². The van der Waals surface area contributed by atoms with Crippen molar-refractivity contribution in [3.63, 3.8) is 0 Å². The third kappa shape index (κ3) is 4.01. The van der Waals surface area contributed by atoms with Crippen LogP contribution in [0, 0.1) is 13.8 Å². The molecule has 1 aromatic heterocycles. The van der Waals surface area contributed by atoms with Crippen molar-refractivity contribution in [3.05, 3.63) is 118 Å². The van der Waals surface area contributed by atoms with E-state index in [2.05, 4.69) is 9.88 Å². The molecule has 5 rings (SSSR count). The van der Waals surface area contributed by atoms with E-state index in [4.69, 9.17) is 4.74 Å². The first-order chi connectivity index (χ1) is 17.3. The molecule has 0 saturated carbocycles. The second-order valence-electron chi connectivity index (χ2n) is 8.55. The van der Waals surface area contributed by atoms with Crippen LogP contribution in [-0.4, -0.2) is 34.6 Å². The summed E-state index contributed by atoms with van der Waals surface area (Å²) in [5, 5.41) is 2.61. The minimum absolute atomic E-state index is 0.132. The number of nitrogens with zero attached hydrogens (tertiary/aromatic N) is 1. The summed E-state index contributed by atoms with van der Waals surface area (Å²) in [5.41, 5.74) is 4.55. The van der Waals surface area contributed by atoms with Gasteiger partial charge in [0.05, 0.1) is 16.8 Å². The van der Waals surface area contributed by atoms with E-state index >= 15 is 0 Å². The summed E-state index contributed by atoms with van der Waals surface area (Å²) in [6.45, 7) is 3.46. The van der Waals surface area contributed by atoms with Gasteiger partial charge in [-0.05, 0) is 56.3 Å². The lowest BCUT2D eigenvalue weighted by atomic mass is 9.83. The number of benzene rings is 3. The van der Waals surface area contributed by atoms with Crippen molar-refractivity contribution in [2.45, 2.75) is 13.8 Å². The zero-order valence-corrected chi connectivity index (χ0v) is 19.7. The Labute approximate surface area is 207 Å². The Kier molecular flexibility index (Phi) is 5.82. The van der Waals surface area contributed by atoms with Gasteiger partial charge in [0.1, 0.15) is 0 Å². The number of rotatable bonds is 5. The average Bonchev–Trinajstić information content (AvgIpc) is 3.23. The molecule has 1 N–H and O–H groups in total. The zero-order chi connectivity index (χ0) is 25.4. The maximum absolute atomic E-state index is 13.1. The Morgan fingerprint density at radius 3 is 2.03 bits per heavy atom. The highest BCUT2D eigenvalue weighted by Crippen LogP contribution is 2.31. The maximum Gasteiger partial charge on any atom is 0.338 e. The van der Waals surface area contributed by atoms with Crippen LogP contribution in [0.5, 0.6) is 0 Å². The Hall–Kier alpha value is -4.78. The molecule has 0 fully saturated rings. The molecule has 0 saturated heterocycles. The number of fused-ring (bicyclic) bond motifs is 2. The van der Waals surface area contributed by atoms with Crippen LogP contribution in [0.25, 0.3) is 5.69 Å². The van der Waals surface area contributed by atoms with Crippen molar-refractivity contribution < 1.29 is 23.9 Å². The van der Waals surface area contributed by atoms with Gasteiger partial charge < -0.3 is 14.6 Å². The van der Waals surface area contributed by atoms with Crippen LogP contribution in [0.2, 0.25) is 0 Å². The van der Waals surface area contributed by atoms with Gasteiger partial charge in [-0.3, -0.25) is 14.4 Å². The summed E-state index contributed by atoms with van der Waals surface area (Å²) in [6, 6.07) is 22.2. The van der Waals surface area contributed by atoms with E-state index in [0.29, 0.717) is 11.1 Å². The fourth-order valence-electron chi connectivity index (χ4n) is 4.47. The Morgan fingerprint density at radius 2 is 1.36 bits per heavy atom. The van der Waals surface area contributed by atoms with Crippen LogP contribution in [0.1, 0.15) is 53.6 Å². The van der Waals surface area contributed by atoms with Gasteiger partial charge in [0, 0.05) is 33.8 Å². The number of nitrogens with one attached hydrogen (secondary N) is 1. The maximum atomic E-state index is 13.1. The van der Waals surface area contributed by atoms with Gasteiger partial charge in [0.2, 0.25) is 0 Å². The van der Waals surface area contributed by atoms with E-state index < -0.39 is 18.5 Å². The fourth-order valence-corrected chi connectivity index (χ4v) is 4.47. The summed E-state index contributed by atoms with van der Waals surface area (Å²) in [6.07, 6.45) is 0. The van der Waals surface area contributed by atoms with Crippen molar-refractivity contribution >= 4 is 29.1 Å². The van der Waals surface area contributed by atoms with Crippen LogP contribution in [0.15, 0.2) is 78.9 Å². The van der Waals surface area contributed by atoms with E-state index in [1.165, 1.54) is 0 Å². The highest BCUT2D eigenvalue weighted by molar-refractivity contribution is 6.30. The number of aryl methyl sites for hydroxylation is 2. The van der Waals surface area contributed by atoms with Gasteiger partial charge in [-0.25, -0.2) is 4.79 Å². The Bertz CT molecular complexity index is 1530. The molecule has 1 aliphatic rings. The molecule has 3 aromatic carbocycles. The molecule has 7 nitrogen and oxygen atoms in total. The van der Waals surface area contributed by atoms with Crippen LogP contribution in [0.3, 0.4) is 0 Å². The monoisotopic (exact) mass is 478 g/mol. The number of aromatic nitrogens is 1. The Balaban J connectivity index is 1.27. The summed E-state index contributed by atoms with van der Waals surface area (Å²) >= 11 is 0. The summed E-state index contributed by atoms with van der Waals surface area (Å²) < 4.78 is 7.24. The SMILES string of the molecule is Cc1ccc(C)n1-c1ccc(C(=O)OCC(=O)Nc2cccc3c2C(=O)c2ccccc2C3=O)cc1. The lowest BCUT2D eigenvalue weighted by molar-refractivity contribution is -0.119. The van der Waals surface area contributed by atoms with Gasteiger partial charge in [0.15, 0.2) is 18.2 Å². The van der Waals surface area contributed by atoms with Crippen molar-refractivity contribution in [1.29, 1.82) is 0 Å². The third-order valence-corrected chi connectivity index (χ3v) is 6.19. The number of esters is 1. The number of ketones is 2. The smallest absolute Gasteiger partial charge is 0.338 e. The highest BCUT2D eigenvalue weighted by Gasteiger charge is 2.31. The van der Waals surface area contributed by atoms with Gasteiger partial charge in [-0.2, -0.15) is 0 Å². The van der Waals surface area contributed by atoms with Crippen LogP contribution in [-0.2, 0) is 9.53 Å². The number of anilines is 1. The van der Waals surface area contributed by atoms with Crippen molar-refractivity contribution in [3.8, 4) is 5.69 Å². The minimum atomic E-state index is -0.645. The van der Waals surface area contributed by atoms with Crippen molar-refractivity contribution in [2.24, 2.45) is 0 Å². The van der Waals surface area contributed by atoms with Gasteiger partial charge >= 0.3 is 5.97 Å². The standard InChI is InChI=1S/C29H22N2O5/c1-17-10-11-18(2)31(17)20-14-12-19(13-15-20)29(35)36-16-25(32)30-24-9-5-8-23-26(24)28(34)22-7-4-3-6-21(22)27(23)33/h3-15H,16H2,1-2H3,(H,30,32). The average molecular weight is 479 g/mol. The Morgan fingerprint density at radius 1 is 0.750 bits per heavy atom. The van der Waals surface area contributed by atoms with E-state index in [0.717, 1.165) is 17.1 Å². The number of carbonyl (C=O) groups excluding carboxylic acids is 4. The largest absolute Gasteiger partial charge is 0.452 e. The summed E-state index contributed by atoms with van der Waals surface area (Å²) in [7, 11) is 0. The molecule has 4 aromatic rings. The molecule has 0 bridgehead atoms. The van der Waals surface area contributed by atoms with Gasteiger partial charge in [0.25, 0.3) is 5.91 Å². The zero-order valence-electron chi connectivity index (χ0n) is 19.7. The molecular formula is C29H22N2O5. The van der Waals surface area contributed by atoms with E-state index in [9.17, 15) is 19.2 Å². The first-order valence-electron chi connectivity index (χ1n) is 11.4. The van der Waals surface area contributed by atoms with Gasteiger partial charge in [-0.15, -0.1) is 0 Å². The molecule has 0 radical (unpaired) electrons. The number of amides is 1. The molecule has 36 heavy (non-hydrogen) atoms. The van der Waals surface area contributed by atoms with E-state index in [1.54, 1.807) is 54.6 Å². The predicted molar refractivity (Wildman–Crippen MR) is 134 cm³/mol. The fraction of sp³-hybridized carbons (Fsp3) is 0.103. The highest BCUT2D eigenvalue weighted by atomic mass is 16.5. The molecule has 7 heteroatoms. The normalized spacial score (nSPS) is 12.1. The molecule has 0 atom stereocenters. The number of ether oxygens (including phenoxy) is 1. The number of hydrogen-bond donors (Lipinski definition) is 1. The second-order valence-corrected chi connectivity index (χ2v) is 8.55. The van der Waals surface area contributed by atoms with Crippen LogP contribution in [0.4, 0.5) is 5.69 Å². The molecule has 1 aliphatic carbocycles. The van der Waals surface area contributed by atoms with E-state index in [-0.39, 0.29) is 33.9 Å². The first kappa shape index (κ1) is 23.0. The van der Waals surface area contributed by atoms with Gasteiger partial charge in [-0.1, -0.05) is 36.4 Å². The summed E-state index contributed by atoms with van der Waals surface area (Å²) in [5.74, 6) is -1.89. The molecule has 0 spiro atoms. The minimum Gasteiger partial charge on any atom is -0.452 e. The predicted octanol–water partition coefficient (Wildman–Crippen LogP) is 4.67. The first-order valence-corrected chi connectivity index (χ1v) is 11.4. The van der Waals surface area contributed by atoms with E-state index in [1.807, 2.05) is 38.1 Å². The molecular weight excluding hydrogens is 456 g/mol. The molecule has 0 aliphatic heterocycles. The molecule has 1 amide bonds. The third-order valence-electron chi connectivity index (χ3n) is 6.19. The molecule has 0 unspecified atom stereocenters.